The highest BCUT2D eigenvalue weighted by molar-refractivity contribution is 14.1. The number of hydrogen-bond donors (Lipinski definition) is 0. The third-order valence-electron chi connectivity index (χ3n) is 5.00. The zero-order valence-electron chi connectivity index (χ0n) is 17.2. The molecule has 0 saturated carbocycles. The van der Waals surface area contributed by atoms with Gasteiger partial charge in [-0.25, -0.2) is 0 Å². The van der Waals surface area contributed by atoms with E-state index in [1.165, 1.54) is 37.0 Å². The maximum atomic E-state index is 2.33. The molecule has 4 aromatic carbocycles. The van der Waals surface area contributed by atoms with Crippen molar-refractivity contribution in [1.82, 2.24) is 0 Å². The molecule has 0 saturated heterocycles. The lowest BCUT2D eigenvalue weighted by atomic mass is 9.97. The lowest BCUT2D eigenvalue weighted by Gasteiger charge is -2.07. The van der Waals surface area contributed by atoms with E-state index < -0.39 is 0 Å². The Hall–Kier alpha value is -3.17. The van der Waals surface area contributed by atoms with Crippen molar-refractivity contribution in [2.75, 3.05) is 0 Å². The minimum Gasteiger partial charge on any atom is -0.0622 e. The molecule has 0 radical (unpaired) electrons. The van der Waals surface area contributed by atoms with E-state index in [1.54, 1.807) is 0 Å². The van der Waals surface area contributed by atoms with Crippen molar-refractivity contribution in [3.05, 3.63) is 153 Å². The molecule has 31 heavy (non-hydrogen) atoms. The van der Waals surface area contributed by atoms with Crippen LogP contribution in [-0.4, -0.2) is 0 Å². The molecule has 0 nitrogen and oxygen atoms in total. The van der Waals surface area contributed by atoms with Crippen LogP contribution in [0.5, 0.6) is 0 Å². The number of hydrogen-bond acceptors (Lipinski definition) is 0. The van der Waals surface area contributed by atoms with Crippen LogP contribution in [0, 0.1) is 3.57 Å². The first kappa shape index (κ1) is 21.1. The van der Waals surface area contributed by atoms with E-state index in [0.717, 1.165) is 0 Å². The third kappa shape index (κ3) is 6.16. The van der Waals surface area contributed by atoms with Crippen LogP contribution in [0.4, 0.5) is 0 Å². The summed E-state index contributed by atoms with van der Waals surface area (Å²) in [4.78, 5) is 0. The van der Waals surface area contributed by atoms with Gasteiger partial charge >= 0.3 is 0 Å². The SMILES string of the molecule is Ic1ccc(C=Cc2ccc(C=CC=C(c3ccccc3)c3ccccc3)cc2)cc1. The van der Waals surface area contributed by atoms with Gasteiger partial charge in [-0.15, -0.1) is 0 Å². The van der Waals surface area contributed by atoms with Crippen molar-refractivity contribution in [3.8, 4) is 0 Å². The first-order valence-corrected chi connectivity index (χ1v) is 11.4. The molecule has 0 fully saturated rings. The number of halogens is 1. The van der Waals surface area contributed by atoms with Gasteiger partial charge in [0, 0.05) is 3.57 Å². The Morgan fingerprint density at radius 2 is 0.903 bits per heavy atom. The van der Waals surface area contributed by atoms with Crippen LogP contribution < -0.4 is 0 Å². The Bertz CT molecular complexity index is 1140. The van der Waals surface area contributed by atoms with Crippen LogP contribution in [-0.2, 0) is 0 Å². The smallest absolute Gasteiger partial charge is 0.0130 e. The molecule has 0 atom stereocenters. The van der Waals surface area contributed by atoms with Gasteiger partial charge in [0.15, 0.2) is 0 Å². The highest BCUT2D eigenvalue weighted by atomic mass is 127. The molecule has 0 aliphatic heterocycles. The monoisotopic (exact) mass is 510 g/mol. The predicted molar refractivity (Wildman–Crippen MR) is 144 cm³/mol. The van der Waals surface area contributed by atoms with Crippen molar-refractivity contribution in [2.45, 2.75) is 0 Å². The summed E-state index contributed by atoms with van der Waals surface area (Å²) in [7, 11) is 0. The summed E-state index contributed by atoms with van der Waals surface area (Å²) in [5, 5.41) is 0. The molecule has 0 amide bonds. The molecular formula is C30H23I. The van der Waals surface area contributed by atoms with Gasteiger partial charge in [-0.3, -0.25) is 0 Å². The van der Waals surface area contributed by atoms with Crippen LogP contribution in [0.2, 0.25) is 0 Å². The predicted octanol–water partition coefficient (Wildman–Crippen LogP) is 8.61. The third-order valence-corrected chi connectivity index (χ3v) is 5.72. The van der Waals surface area contributed by atoms with E-state index in [0.29, 0.717) is 0 Å². The van der Waals surface area contributed by atoms with E-state index in [-0.39, 0.29) is 0 Å². The highest BCUT2D eigenvalue weighted by Crippen LogP contribution is 2.23. The lowest BCUT2D eigenvalue weighted by Crippen LogP contribution is -1.86. The molecule has 4 rings (SSSR count). The Labute approximate surface area is 198 Å². The molecular weight excluding hydrogens is 487 g/mol. The lowest BCUT2D eigenvalue weighted by molar-refractivity contribution is 1.55. The quantitative estimate of drug-likeness (QED) is 0.138. The van der Waals surface area contributed by atoms with Crippen LogP contribution in [0.15, 0.2) is 121 Å². The first-order chi connectivity index (χ1) is 15.3. The second kappa shape index (κ2) is 10.7. The van der Waals surface area contributed by atoms with E-state index in [1.807, 2.05) is 0 Å². The van der Waals surface area contributed by atoms with Crippen molar-refractivity contribution in [3.63, 3.8) is 0 Å². The van der Waals surface area contributed by atoms with Crippen LogP contribution in [0.1, 0.15) is 27.8 Å². The molecule has 0 aliphatic carbocycles. The fraction of sp³-hybridized carbons (Fsp3) is 0. The summed E-state index contributed by atoms with van der Waals surface area (Å²) in [6.45, 7) is 0. The maximum absolute atomic E-state index is 2.33. The number of allylic oxidation sites excluding steroid dienone is 2. The number of rotatable bonds is 6. The van der Waals surface area contributed by atoms with Gasteiger partial charge in [-0.1, -0.05) is 127 Å². The molecule has 150 valence electrons. The van der Waals surface area contributed by atoms with Crippen LogP contribution in [0.3, 0.4) is 0 Å². The average Bonchev–Trinajstić information content (AvgIpc) is 2.83. The summed E-state index contributed by atoms with van der Waals surface area (Å²) in [6.07, 6.45) is 10.8. The van der Waals surface area contributed by atoms with Gasteiger partial charge in [0.1, 0.15) is 0 Å². The second-order valence-electron chi connectivity index (χ2n) is 7.22. The molecule has 0 heterocycles. The van der Waals surface area contributed by atoms with Crippen LogP contribution >= 0.6 is 22.6 Å². The summed E-state index contributed by atoms with van der Waals surface area (Å²) in [5.41, 5.74) is 7.24. The van der Waals surface area contributed by atoms with Crippen molar-refractivity contribution < 1.29 is 0 Å². The highest BCUT2D eigenvalue weighted by Gasteiger charge is 2.02. The topological polar surface area (TPSA) is 0 Å². The van der Waals surface area contributed by atoms with Gasteiger partial charge in [0.25, 0.3) is 0 Å². The zero-order valence-corrected chi connectivity index (χ0v) is 19.3. The fourth-order valence-corrected chi connectivity index (χ4v) is 3.69. The molecule has 0 N–H and O–H groups in total. The second-order valence-corrected chi connectivity index (χ2v) is 8.47. The molecule has 1 heteroatoms. The molecule has 0 bridgehead atoms. The van der Waals surface area contributed by atoms with E-state index in [2.05, 4.69) is 162 Å². The number of benzene rings is 4. The van der Waals surface area contributed by atoms with Crippen molar-refractivity contribution >= 4 is 46.4 Å². The normalized spacial score (nSPS) is 11.1. The Morgan fingerprint density at radius 1 is 0.484 bits per heavy atom. The Morgan fingerprint density at radius 3 is 1.39 bits per heavy atom. The maximum Gasteiger partial charge on any atom is 0.0130 e. The minimum absolute atomic E-state index is 1.18. The summed E-state index contributed by atoms with van der Waals surface area (Å²) in [6, 6.07) is 38.2. The van der Waals surface area contributed by atoms with Gasteiger partial charge in [-0.05, 0) is 68.1 Å². The first-order valence-electron chi connectivity index (χ1n) is 10.3. The Kier molecular flexibility index (Phi) is 7.30. The average molecular weight is 510 g/mol. The largest absolute Gasteiger partial charge is 0.0622 e. The van der Waals surface area contributed by atoms with Crippen LogP contribution in [0.25, 0.3) is 23.8 Å². The Balaban J connectivity index is 1.50. The van der Waals surface area contributed by atoms with E-state index in [4.69, 9.17) is 0 Å². The van der Waals surface area contributed by atoms with Crippen molar-refractivity contribution in [2.24, 2.45) is 0 Å². The molecule has 0 aromatic heterocycles. The summed E-state index contributed by atoms with van der Waals surface area (Å²) in [5.74, 6) is 0. The molecule has 0 aliphatic rings. The van der Waals surface area contributed by atoms with Gasteiger partial charge in [0.2, 0.25) is 0 Å². The van der Waals surface area contributed by atoms with Gasteiger partial charge in [0.05, 0.1) is 0 Å². The standard InChI is InChI=1S/C30H23I/c31-29-22-20-26(21-23-29)19-18-25-16-14-24(15-17-25)8-7-13-30(27-9-3-1-4-10-27)28-11-5-2-6-12-28/h1-23H. The zero-order chi connectivity index (χ0) is 21.3. The fourth-order valence-electron chi connectivity index (χ4n) is 3.33. The van der Waals surface area contributed by atoms with E-state index in [9.17, 15) is 0 Å². The van der Waals surface area contributed by atoms with Crippen molar-refractivity contribution in [1.29, 1.82) is 0 Å². The molecule has 0 spiro atoms. The minimum atomic E-state index is 1.18. The van der Waals surface area contributed by atoms with Gasteiger partial charge < -0.3 is 0 Å². The van der Waals surface area contributed by atoms with Gasteiger partial charge in [-0.2, -0.15) is 0 Å². The molecule has 0 unspecified atom stereocenters. The van der Waals surface area contributed by atoms with E-state index >= 15 is 0 Å². The molecule has 4 aromatic rings. The summed E-state index contributed by atoms with van der Waals surface area (Å²) >= 11 is 2.33. The summed E-state index contributed by atoms with van der Waals surface area (Å²) < 4.78 is 1.25.